The summed E-state index contributed by atoms with van der Waals surface area (Å²) >= 11 is 0. The molecule has 4 aromatic rings. The van der Waals surface area contributed by atoms with Gasteiger partial charge < -0.3 is 25.3 Å². The Kier molecular flexibility index (Phi) is 6.25. The third-order valence-corrected chi connectivity index (χ3v) is 6.31. The molecule has 0 aliphatic carbocycles. The second kappa shape index (κ2) is 9.64. The number of nitrogens with zero attached hydrogens (tertiary/aromatic N) is 1. The van der Waals surface area contributed by atoms with Gasteiger partial charge >= 0.3 is 0 Å². The van der Waals surface area contributed by atoms with E-state index in [1.54, 1.807) is 6.07 Å². The first-order valence-electron chi connectivity index (χ1n) is 11.7. The summed E-state index contributed by atoms with van der Waals surface area (Å²) in [4.78, 5) is 31.2. The molecule has 7 nitrogen and oxygen atoms in total. The lowest BCUT2D eigenvalue weighted by atomic mass is 9.99. The van der Waals surface area contributed by atoms with E-state index >= 15 is 0 Å². The molecular weight excluding hydrogens is 440 g/mol. The smallest absolute Gasteiger partial charge is 0.258 e. The van der Waals surface area contributed by atoms with Crippen molar-refractivity contribution in [3.63, 3.8) is 0 Å². The van der Waals surface area contributed by atoms with Gasteiger partial charge in [0.1, 0.15) is 6.61 Å². The zero-order valence-corrected chi connectivity index (χ0v) is 19.8. The van der Waals surface area contributed by atoms with E-state index in [1.165, 1.54) is 7.11 Å². The number of nitrogens with one attached hydrogen (secondary N) is 3. The van der Waals surface area contributed by atoms with Crippen LogP contribution in [0, 0.1) is 0 Å². The van der Waals surface area contributed by atoms with E-state index < -0.39 is 0 Å². The van der Waals surface area contributed by atoms with Crippen molar-refractivity contribution in [2.75, 3.05) is 35.8 Å². The monoisotopic (exact) mass is 468 g/mol. The Morgan fingerprint density at radius 1 is 1.09 bits per heavy atom. The Morgan fingerprint density at radius 3 is 2.80 bits per heavy atom. The van der Waals surface area contributed by atoms with Crippen LogP contribution in [0.4, 0.5) is 17.1 Å². The van der Waals surface area contributed by atoms with Gasteiger partial charge in [-0.2, -0.15) is 0 Å². The molecule has 1 aliphatic heterocycles. The van der Waals surface area contributed by atoms with Crippen molar-refractivity contribution in [2.24, 2.45) is 0 Å². The molecule has 178 valence electrons. The molecule has 0 spiro atoms. The zero-order chi connectivity index (χ0) is 24.4. The third-order valence-electron chi connectivity index (χ3n) is 6.31. The maximum Gasteiger partial charge on any atom is 0.258 e. The van der Waals surface area contributed by atoms with Crippen LogP contribution in [0.2, 0.25) is 0 Å². The summed E-state index contributed by atoms with van der Waals surface area (Å²) in [5, 5.41) is 7.49. The van der Waals surface area contributed by atoms with Crippen LogP contribution in [0.25, 0.3) is 22.0 Å². The van der Waals surface area contributed by atoms with E-state index in [1.807, 2.05) is 65.7 Å². The van der Waals surface area contributed by atoms with Gasteiger partial charge in [-0.3, -0.25) is 9.59 Å². The van der Waals surface area contributed by atoms with Crippen molar-refractivity contribution < 1.29 is 14.3 Å². The first-order chi connectivity index (χ1) is 17.0. The summed E-state index contributed by atoms with van der Waals surface area (Å²) < 4.78 is 5.01. The van der Waals surface area contributed by atoms with Gasteiger partial charge in [-0.25, -0.2) is 0 Å². The minimum atomic E-state index is -0.279. The van der Waals surface area contributed by atoms with Gasteiger partial charge in [0.05, 0.1) is 11.4 Å². The summed E-state index contributed by atoms with van der Waals surface area (Å²) in [7, 11) is 1.48. The highest BCUT2D eigenvalue weighted by Gasteiger charge is 2.25. The Bertz CT molecular complexity index is 1390. The number of methoxy groups -OCH3 is 1. The zero-order valence-electron chi connectivity index (χ0n) is 19.8. The average Bonchev–Trinajstić information content (AvgIpc) is 3.26. The fourth-order valence-corrected chi connectivity index (χ4v) is 4.55. The lowest BCUT2D eigenvalue weighted by Gasteiger charge is -2.23. The summed E-state index contributed by atoms with van der Waals surface area (Å²) in [5.41, 5.74) is 5.69. The minimum Gasteiger partial charge on any atom is -0.381 e. The molecule has 1 unspecified atom stereocenters. The molecule has 1 atom stereocenters. The maximum absolute atomic E-state index is 13.7. The van der Waals surface area contributed by atoms with Crippen LogP contribution >= 0.6 is 0 Å². The summed E-state index contributed by atoms with van der Waals surface area (Å²) in [5.74, 6) is -0.387. The van der Waals surface area contributed by atoms with Crippen molar-refractivity contribution in [3.8, 4) is 11.1 Å². The molecule has 3 aromatic carbocycles. The molecule has 1 aliphatic rings. The molecule has 0 radical (unpaired) electrons. The van der Waals surface area contributed by atoms with Gasteiger partial charge in [-0.15, -0.1) is 0 Å². The molecule has 0 bridgehead atoms. The molecule has 0 saturated carbocycles. The number of amides is 2. The number of anilines is 3. The Balaban J connectivity index is 1.54. The number of H-pyrrole nitrogens is 1. The van der Waals surface area contributed by atoms with Crippen LogP contribution in [0.15, 0.2) is 72.9 Å². The van der Waals surface area contributed by atoms with Crippen LogP contribution in [0.3, 0.4) is 0 Å². The predicted octanol–water partition coefficient (Wildman–Crippen LogP) is 5.27. The first kappa shape index (κ1) is 22.7. The number of hydrogen-bond donors (Lipinski definition) is 3. The number of rotatable bonds is 5. The van der Waals surface area contributed by atoms with E-state index in [2.05, 4.69) is 28.6 Å². The van der Waals surface area contributed by atoms with Crippen LogP contribution < -0.4 is 15.5 Å². The van der Waals surface area contributed by atoms with E-state index in [0.717, 1.165) is 39.8 Å². The average molecular weight is 469 g/mol. The van der Waals surface area contributed by atoms with Gasteiger partial charge in [-0.05, 0) is 66.8 Å². The predicted molar refractivity (Wildman–Crippen MR) is 140 cm³/mol. The Hall–Kier alpha value is -4.10. The fourth-order valence-electron chi connectivity index (χ4n) is 4.55. The topological polar surface area (TPSA) is 86.5 Å². The van der Waals surface area contributed by atoms with Crippen molar-refractivity contribution in [3.05, 3.63) is 78.5 Å². The Labute approximate surface area is 204 Å². The highest BCUT2D eigenvalue weighted by atomic mass is 16.5. The van der Waals surface area contributed by atoms with Gasteiger partial charge in [0.15, 0.2) is 0 Å². The second-order valence-electron chi connectivity index (χ2n) is 8.83. The lowest BCUT2D eigenvalue weighted by molar-refractivity contribution is -0.119. The molecular formula is C28H28N4O3. The van der Waals surface area contributed by atoms with Gasteiger partial charge in [-0.1, -0.05) is 24.3 Å². The molecule has 3 N–H and O–H groups in total. The molecule has 0 fully saturated rings. The maximum atomic E-state index is 13.7. The SMILES string of the molecule is COCC(=O)Nc1cc(C(=O)N2CCC(C)Nc3ccccc32)ccc1-c1ccc2[nH]ccc2c1. The number of fused-ring (bicyclic) bond motifs is 2. The van der Waals surface area contributed by atoms with Crippen LogP contribution in [-0.4, -0.2) is 43.1 Å². The molecule has 5 rings (SSSR count). The van der Waals surface area contributed by atoms with Crippen molar-refractivity contribution in [1.29, 1.82) is 0 Å². The van der Waals surface area contributed by atoms with E-state index in [0.29, 0.717) is 17.8 Å². The minimum absolute atomic E-state index is 0.0719. The van der Waals surface area contributed by atoms with Gasteiger partial charge in [0.25, 0.3) is 5.91 Å². The molecule has 0 saturated heterocycles. The lowest BCUT2D eigenvalue weighted by Crippen LogP contribution is -2.32. The van der Waals surface area contributed by atoms with E-state index in [-0.39, 0.29) is 24.5 Å². The van der Waals surface area contributed by atoms with Gasteiger partial charge in [0.2, 0.25) is 5.91 Å². The van der Waals surface area contributed by atoms with E-state index in [4.69, 9.17) is 4.74 Å². The summed E-state index contributed by atoms with van der Waals surface area (Å²) in [6.07, 6.45) is 2.72. The number of carbonyl (C=O) groups excluding carboxylic acids is 2. The molecule has 35 heavy (non-hydrogen) atoms. The highest BCUT2D eigenvalue weighted by molar-refractivity contribution is 6.10. The number of ether oxygens (including phenoxy) is 1. The van der Waals surface area contributed by atoms with Crippen molar-refractivity contribution >= 4 is 39.8 Å². The molecule has 2 heterocycles. The quantitative estimate of drug-likeness (QED) is 0.372. The fraction of sp³-hybridized carbons (Fsp3) is 0.214. The number of para-hydroxylation sites is 2. The molecule has 7 heteroatoms. The largest absolute Gasteiger partial charge is 0.381 e. The number of carbonyl (C=O) groups is 2. The van der Waals surface area contributed by atoms with Gasteiger partial charge in [0, 0.05) is 48.2 Å². The summed E-state index contributed by atoms with van der Waals surface area (Å²) in [6, 6.07) is 21.7. The number of aromatic nitrogens is 1. The standard InChI is InChI=1S/C28H28N4O3/c1-18-12-14-32(26-6-4-3-5-24(26)30-18)28(34)21-7-9-22(25(16-21)31-27(33)17-35-2)19-8-10-23-20(15-19)11-13-29-23/h3-11,13,15-16,18,29-30H,12,14,17H2,1-2H3,(H,31,33). The van der Waals surface area contributed by atoms with E-state index in [9.17, 15) is 9.59 Å². The van der Waals surface area contributed by atoms with Crippen molar-refractivity contribution in [2.45, 2.75) is 19.4 Å². The normalized spacial score (nSPS) is 15.3. The van der Waals surface area contributed by atoms with Crippen molar-refractivity contribution in [1.82, 2.24) is 4.98 Å². The van der Waals surface area contributed by atoms with Crippen LogP contribution in [0.1, 0.15) is 23.7 Å². The summed E-state index contributed by atoms with van der Waals surface area (Å²) in [6.45, 7) is 2.64. The second-order valence-corrected chi connectivity index (χ2v) is 8.83. The third kappa shape index (κ3) is 4.63. The first-order valence-corrected chi connectivity index (χ1v) is 11.7. The van der Waals surface area contributed by atoms with Crippen LogP contribution in [0.5, 0.6) is 0 Å². The van der Waals surface area contributed by atoms with Crippen LogP contribution in [-0.2, 0) is 9.53 Å². The molecule has 1 aromatic heterocycles. The highest BCUT2D eigenvalue weighted by Crippen LogP contribution is 2.34. The number of aromatic amines is 1. The number of hydrogen-bond acceptors (Lipinski definition) is 4. The molecule has 2 amide bonds. The number of benzene rings is 3. The Morgan fingerprint density at radius 2 is 1.94 bits per heavy atom.